The van der Waals surface area contributed by atoms with Gasteiger partial charge in [0.1, 0.15) is 17.8 Å². The molecule has 3 rings (SSSR count). The third-order valence-corrected chi connectivity index (χ3v) is 4.61. The smallest absolute Gasteiger partial charge is 0.277 e. The molecule has 2 aromatic rings. The molecule has 1 aliphatic heterocycles. The van der Waals surface area contributed by atoms with E-state index >= 15 is 0 Å². The number of carbonyl (C=O) groups is 1. The molecule has 0 spiro atoms. The van der Waals surface area contributed by atoms with Gasteiger partial charge in [0.15, 0.2) is 0 Å². The summed E-state index contributed by atoms with van der Waals surface area (Å²) in [4.78, 5) is 25.9. The van der Waals surface area contributed by atoms with Crippen molar-refractivity contribution in [2.75, 3.05) is 22.9 Å². The van der Waals surface area contributed by atoms with Gasteiger partial charge >= 0.3 is 0 Å². The fraction of sp³-hybridized carbons (Fsp3) is 0.450. The lowest BCUT2D eigenvalue weighted by atomic mass is 10.1. The fourth-order valence-electron chi connectivity index (χ4n) is 3.52. The molecule has 1 unspecified atom stereocenters. The van der Waals surface area contributed by atoms with E-state index < -0.39 is 0 Å². The summed E-state index contributed by atoms with van der Waals surface area (Å²) in [5, 5.41) is 0. The molecule has 1 aromatic carbocycles. The van der Waals surface area contributed by atoms with Gasteiger partial charge in [-0.25, -0.2) is 9.97 Å². The lowest BCUT2D eigenvalue weighted by Gasteiger charge is -2.24. The van der Waals surface area contributed by atoms with Gasteiger partial charge in [-0.15, -0.1) is 0 Å². The Hall–Kier alpha value is -2.43. The summed E-state index contributed by atoms with van der Waals surface area (Å²) >= 11 is 0. The Kier molecular flexibility index (Phi) is 5.31. The molecule has 1 aliphatic rings. The molecule has 25 heavy (non-hydrogen) atoms. The topological polar surface area (TPSA) is 49.3 Å². The van der Waals surface area contributed by atoms with Crippen LogP contribution in [0.3, 0.4) is 0 Å². The molecule has 2 heterocycles. The van der Waals surface area contributed by atoms with Crippen LogP contribution in [0.25, 0.3) is 0 Å². The first-order valence-corrected chi connectivity index (χ1v) is 9.14. The Balaban J connectivity index is 1.89. The van der Waals surface area contributed by atoms with Crippen LogP contribution in [0.15, 0.2) is 36.7 Å². The van der Waals surface area contributed by atoms with Crippen molar-refractivity contribution in [3.63, 3.8) is 0 Å². The number of para-hydroxylation sites is 1. The van der Waals surface area contributed by atoms with Crippen LogP contribution >= 0.6 is 0 Å². The molecular weight excluding hydrogens is 312 g/mol. The molecule has 0 fully saturated rings. The standard InChI is InChI=1S/C20H26N4O/c1-4-10-23(11-5-2)19-13-17(21-14-22-19)20(25)24-15(3)12-16-8-6-7-9-18(16)24/h6-9,13-15H,4-5,10-12H2,1-3H3. The van der Waals surface area contributed by atoms with Crippen LogP contribution in [0.4, 0.5) is 11.5 Å². The Labute approximate surface area is 149 Å². The molecule has 5 nitrogen and oxygen atoms in total. The van der Waals surface area contributed by atoms with Crippen molar-refractivity contribution < 1.29 is 4.79 Å². The zero-order valence-electron chi connectivity index (χ0n) is 15.3. The van der Waals surface area contributed by atoms with E-state index in [0.29, 0.717) is 5.69 Å². The molecule has 0 bridgehead atoms. The predicted octanol–water partition coefficient (Wildman–Crippen LogP) is 3.69. The number of amides is 1. The molecule has 0 N–H and O–H groups in total. The van der Waals surface area contributed by atoms with Gasteiger partial charge in [-0.1, -0.05) is 32.0 Å². The summed E-state index contributed by atoms with van der Waals surface area (Å²) in [7, 11) is 0. The summed E-state index contributed by atoms with van der Waals surface area (Å²) in [6.45, 7) is 8.25. The third kappa shape index (κ3) is 3.50. The van der Waals surface area contributed by atoms with Gasteiger partial charge in [0.2, 0.25) is 0 Å². The van der Waals surface area contributed by atoms with E-state index in [9.17, 15) is 4.79 Å². The summed E-state index contributed by atoms with van der Waals surface area (Å²) in [6, 6.07) is 10.1. The van der Waals surface area contributed by atoms with Gasteiger partial charge in [0.05, 0.1) is 0 Å². The highest BCUT2D eigenvalue weighted by molar-refractivity contribution is 6.06. The summed E-state index contributed by atoms with van der Waals surface area (Å²) in [5.41, 5.74) is 2.68. The average molecular weight is 338 g/mol. The summed E-state index contributed by atoms with van der Waals surface area (Å²) in [5.74, 6) is 0.788. The van der Waals surface area contributed by atoms with Crippen molar-refractivity contribution in [2.45, 2.75) is 46.1 Å². The number of hydrogen-bond donors (Lipinski definition) is 0. The van der Waals surface area contributed by atoms with Crippen molar-refractivity contribution >= 4 is 17.4 Å². The van der Waals surface area contributed by atoms with Gasteiger partial charge in [0, 0.05) is 30.9 Å². The van der Waals surface area contributed by atoms with Crippen molar-refractivity contribution in [3.8, 4) is 0 Å². The number of anilines is 2. The second kappa shape index (κ2) is 7.64. The molecule has 1 amide bonds. The van der Waals surface area contributed by atoms with Crippen LogP contribution in [0.2, 0.25) is 0 Å². The van der Waals surface area contributed by atoms with E-state index in [1.807, 2.05) is 29.2 Å². The molecule has 132 valence electrons. The molecule has 0 radical (unpaired) electrons. The lowest BCUT2D eigenvalue weighted by Crippen LogP contribution is -2.36. The van der Waals surface area contributed by atoms with Gasteiger partial charge in [-0.3, -0.25) is 4.79 Å². The van der Waals surface area contributed by atoms with E-state index in [4.69, 9.17) is 0 Å². The maximum absolute atomic E-state index is 13.1. The van der Waals surface area contributed by atoms with E-state index in [1.54, 1.807) is 0 Å². The van der Waals surface area contributed by atoms with Crippen molar-refractivity contribution in [1.29, 1.82) is 0 Å². The van der Waals surface area contributed by atoms with Crippen LogP contribution in [0, 0.1) is 0 Å². The van der Waals surface area contributed by atoms with Crippen molar-refractivity contribution in [2.24, 2.45) is 0 Å². The van der Waals surface area contributed by atoms with Crippen LogP contribution in [-0.2, 0) is 6.42 Å². The van der Waals surface area contributed by atoms with E-state index in [0.717, 1.165) is 43.9 Å². The van der Waals surface area contributed by atoms with Crippen molar-refractivity contribution in [3.05, 3.63) is 47.9 Å². The quantitative estimate of drug-likeness (QED) is 0.806. The Bertz CT molecular complexity index is 740. The van der Waals surface area contributed by atoms with Gasteiger partial charge < -0.3 is 9.80 Å². The van der Waals surface area contributed by atoms with Gasteiger partial charge in [-0.05, 0) is 37.8 Å². The van der Waals surface area contributed by atoms with Crippen molar-refractivity contribution in [1.82, 2.24) is 9.97 Å². The number of hydrogen-bond acceptors (Lipinski definition) is 4. The SMILES string of the molecule is CCCN(CCC)c1cc(C(=O)N2c3ccccc3CC2C)ncn1. The molecule has 0 saturated carbocycles. The minimum atomic E-state index is -0.0472. The number of carbonyl (C=O) groups excluding carboxylic acids is 1. The molecule has 5 heteroatoms. The van der Waals surface area contributed by atoms with E-state index in [-0.39, 0.29) is 11.9 Å². The second-order valence-corrected chi connectivity index (χ2v) is 6.61. The Morgan fingerprint density at radius 3 is 2.64 bits per heavy atom. The van der Waals surface area contributed by atoms with Gasteiger partial charge in [0.25, 0.3) is 5.91 Å². The maximum atomic E-state index is 13.1. The first kappa shape index (κ1) is 17.4. The Morgan fingerprint density at radius 1 is 1.20 bits per heavy atom. The zero-order chi connectivity index (χ0) is 17.8. The van der Waals surface area contributed by atoms with E-state index in [1.165, 1.54) is 11.9 Å². The predicted molar refractivity (Wildman–Crippen MR) is 101 cm³/mol. The van der Waals surface area contributed by atoms with Crippen LogP contribution in [-0.4, -0.2) is 35.0 Å². The lowest BCUT2D eigenvalue weighted by molar-refractivity contribution is 0.0976. The zero-order valence-corrected chi connectivity index (χ0v) is 15.3. The molecular formula is C20H26N4O. The number of fused-ring (bicyclic) bond motifs is 1. The Morgan fingerprint density at radius 2 is 1.92 bits per heavy atom. The van der Waals surface area contributed by atoms with Crippen LogP contribution in [0.5, 0.6) is 0 Å². The first-order chi connectivity index (χ1) is 12.2. The van der Waals surface area contributed by atoms with E-state index in [2.05, 4.69) is 41.7 Å². The summed E-state index contributed by atoms with van der Waals surface area (Å²) in [6.07, 6.45) is 4.48. The monoisotopic (exact) mass is 338 g/mol. The minimum Gasteiger partial charge on any atom is -0.357 e. The molecule has 0 saturated heterocycles. The molecule has 0 aliphatic carbocycles. The average Bonchev–Trinajstić information content (AvgIpc) is 2.96. The highest BCUT2D eigenvalue weighted by Crippen LogP contribution is 2.33. The highest BCUT2D eigenvalue weighted by atomic mass is 16.2. The second-order valence-electron chi connectivity index (χ2n) is 6.61. The number of benzene rings is 1. The number of aromatic nitrogens is 2. The maximum Gasteiger partial charge on any atom is 0.277 e. The first-order valence-electron chi connectivity index (χ1n) is 9.14. The minimum absolute atomic E-state index is 0.0472. The normalized spacial score (nSPS) is 16.0. The van der Waals surface area contributed by atoms with Crippen LogP contribution < -0.4 is 9.80 Å². The molecule has 1 atom stereocenters. The largest absolute Gasteiger partial charge is 0.357 e. The number of nitrogens with zero attached hydrogens (tertiary/aromatic N) is 4. The third-order valence-electron chi connectivity index (χ3n) is 4.61. The number of rotatable bonds is 6. The molecule has 1 aromatic heterocycles. The summed E-state index contributed by atoms with van der Waals surface area (Å²) < 4.78 is 0. The highest BCUT2D eigenvalue weighted by Gasteiger charge is 2.32. The fourth-order valence-corrected chi connectivity index (χ4v) is 3.52. The van der Waals surface area contributed by atoms with Crippen LogP contribution in [0.1, 0.15) is 49.7 Å². The van der Waals surface area contributed by atoms with Gasteiger partial charge in [-0.2, -0.15) is 0 Å².